The van der Waals surface area contributed by atoms with Crippen molar-refractivity contribution >= 4 is 5.97 Å². The van der Waals surface area contributed by atoms with Crippen LogP contribution in [0.25, 0.3) is 0 Å². The number of methoxy groups -OCH3 is 2. The van der Waals surface area contributed by atoms with Gasteiger partial charge in [-0.3, -0.25) is 9.69 Å². The Morgan fingerprint density at radius 2 is 2.04 bits per heavy atom. The second kappa shape index (κ2) is 7.14. The van der Waals surface area contributed by atoms with Crippen LogP contribution in [0.3, 0.4) is 0 Å². The number of fused-ring (bicyclic) bond motifs is 1. The summed E-state index contributed by atoms with van der Waals surface area (Å²) < 4.78 is 10.5. The van der Waals surface area contributed by atoms with Crippen molar-refractivity contribution in [3.05, 3.63) is 29.8 Å². The van der Waals surface area contributed by atoms with Gasteiger partial charge in [0.05, 0.1) is 14.2 Å². The second-order valence-corrected chi connectivity index (χ2v) is 7.13. The lowest BCUT2D eigenvalue weighted by Crippen LogP contribution is -2.60. The number of hydrogen-bond donors (Lipinski definition) is 0. The monoisotopic (exact) mass is 331 g/mol. The molecule has 2 aliphatic rings. The minimum absolute atomic E-state index is 0.0708. The molecule has 1 aliphatic heterocycles. The molecule has 1 aliphatic carbocycles. The lowest BCUT2D eigenvalue weighted by Gasteiger charge is -2.56. The van der Waals surface area contributed by atoms with Crippen molar-refractivity contribution in [2.24, 2.45) is 5.92 Å². The van der Waals surface area contributed by atoms with Gasteiger partial charge in [-0.05, 0) is 62.8 Å². The quantitative estimate of drug-likeness (QED) is 0.788. The van der Waals surface area contributed by atoms with E-state index in [1.54, 1.807) is 7.11 Å². The van der Waals surface area contributed by atoms with E-state index >= 15 is 0 Å². The van der Waals surface area contributed by atoms with Gasteiger partial charge >= 0.3 is 5.97 Å². The lowest BCUT2D eigenvalue weighted by molar-refractivity contribution is -0.154. The van der Waals surface area contributed by atoms with Crippen molar-refractivity contribution < 1.29 is 14.3 Å². The first-order valence-corrected chi connectivity index (χ1v) is 9.12. The SMILES string of the molecule is COC(=O)C(C)N1CCC[C@@H]2CCCC[C@@]21c1cccc(OC)c1. The fourth-order valence-corrected chi connectivity index (χ4v) is 4.97. The fourth-order valence-electron chi connectivity index (χ4n) is 4.97. The van der Waals surface area contributed by atoms with Gasteiger partial charge in [-0.25, -0.2) is 0 Å². The van der Waals surface area contributed by atoms with Gasteiger partial charge < -0.3 is 9.47 Å². The summed E-state index contributed by atoms with van der Waals surface area (Å²) in [6.45, 7) is 2.94. The van der Waals surface area contributed by atoms with Crippen LogP contribution in [0.1, 0.15) is 51.0 Å². The van der Waals surface area contributed by atoms with Crippen LogP contribution in [0.5, 0.6) is 5.75 Å². The maximum absolute atomic E-state index is 12.3. The van der Waals surface area contributed by atoms with Crippen molar-refractivity contribution in [1.82, 2.24) is 4.90 Å². The Labute approximate surface area is 145 Å². The van der Waals surface area contributed by atoms with Crippen LogP contribution in [-0.4, -0.2) is 37.7 Å². The molecule has 1 heterocycles. The Morgan fingerprint density at radius 3 is 2.79 bits per heavy atom. The minimum atomic E-state index is -0.220. The molecule has 0 aromatic heterocycles. The summed E-state index contributed by atoms with van der Waals surface area (Å²) in [7, 11) is 3.20. The smallest absolute Gasteiger partial charge is 0.322 e. The van der Waals surface area contributed by atoms with Crippen LogP contribution in [0, 0.1) is 5.92 Å². The molecule has 1 saturated heterocycles. The van der Waals surface area contributed by atoms with Crippen LogP contribution in [-0.2, 0) is 15.1 Å². The summed E-state index contributed by atoms with van der Waals surface area (Å²) in [4.78, 5) is 14.7. The Balaban J connectivity index is 2.07. The van der Waals surface area contributed by atoms with E-state index in [1.807, 2.05) is 13.0 Å². The van der Waals surface area contributed by atoms with Crippen molar-refractivity contribution in [2.45, 2.75) is 57.0 Å². The predicted molar refractivity (Wildman–Crippen MR) is 94.0 cm³/mol. The summed E-state index contributed by atoms with van der Waals surface area (Å²) in [5.74, 6) is 1.35. The molecule has 1 aromatic rings. The van der Waals surface area contributed by atoms with Gasteiger partial charge in [-0.1, -0.05) is 25.0 Å². The van der Waals surface area contributed by atoms with E-state index in [1.165, 1.54) is 38.4 Å². The van der Waals surface area contributed by atoms with Crippen molar-refractivity contribution in [1.29, 1.82) is 0 Å². The van der Waals surface area contributed by atoms with Crippen LogP contribution in [0.2, 0.25) is 0 Å². The van der Waals surface area contributed by atoms with Gasteiger partial charge in [-0.2, -0.15) is 0 Å². The number of rotatable bonds is 4. The first-order chi connectivity index (χ1) is 11.6. The summed E-state index contributed by atoms with van der Waals surface area (Å²) in [6.07, 6.45) is 7.22. The molecule has 0 bridgehead atoms. The highest BCUT2D eigenvalue weighted by Crippen LogP contribution is 2.52. The predicted octanol–water partition coefficient (Wildman–Crippen LogP) is 3.74. The Hall–Kier alpha value is -1.55. The van der Waals surface area contributed by atoms with E-state index in [0.29, 0.717) is 5.92 Å². The summed E-state index contributed by atoms with van der Waals surface area (Å²) in [5.41, 5.74) is 1.22. The molecule has 132 valence electrons. The standard InChI is InChI=1S/C20H29NO3/c1-15(19(22)24-3)21-13-7-10-16-8-4-5-12-20(16,21)17-9-6-11-18(14-17)23-2/h6,9,11,14-16H,4-5,7-8,10,12-13H2,1-3H3/t15?,16-,20-/m0/s1. The van der Waals surface area contributed by atoms with Crippen molar-refractivity contribution in [2.75, 3.05) is 20.8 Å². The largest absolute Gasteiger partial charge is 0.497 e. The molecular formula is C20H29NO3. The van der Waals surface area contributed by atoms with Gasteiger partial charge in [-0.15, -0.1) is 0 Å². The first kappa shape index (κ1) is 17.3. The normalized spacial score (nSPS) is 28.7. The van der Waals surface area contributed by atoms with Crippen LogP contribution in [0.4, 0.5) is 0 Å². The third-order valence-corrected chi connectivity index (χ3v) is 6.08. The van der Waals surface area contributed by atoms with E-state index in [9.17, 15) is 4.79 Å². The molecule has 1 unspecified atom stereocenters. The van der Waals surface area contributed by atoms with E-state index in [2.05, 4.69) is 23.1 Å². The zero-order chi connectivity index (χ0) is 17.2. The lowest BCUT2D eigenvalue weighted by atomic mass is 9.64. The first-order valence-electron chi connectivity index (χ1n) is 9.12. The molecule has 0 radical (unpaired) electrons. The molecule has 0 spiro atoms. The molecule has 1 saturated carbocycles. The number of hydrogen-bond acceptors (Lipinski definition) is 4. The zero-order valence-corrected chi connectivity index (χ0v) is 15.1. The highest BCUT2D eigenvalue weighted by molar-refractivity contribution is 5.75. The summed E-state index contributed by atoms with van der Waals surface area (Å²) >= 11 is 0. The number of carbonyl (C=O) groups is 1. The number of benzene rings is 1. The third-order valence-electron chi connectivity index (χ3n) is 6.08. The number of ether oxygens (including phenoxy) is 2. The second-order valence-electron chi connectivity index (χ2n) is 7.13. The fraction of sp³-hybridized carbons (Fsp3) is 0.650. The van der Waals surface area contributed by atoms with Gasteiger partial charge in [0, 0.05) is 5.54 Å². The van der Waals surface area contributed by atoms with E-state index in [-0.39, 0.29) is 17.6 Å². The van der Waals surface area contributed by atoms with E-state index in [0.717, 1.165) is 25.1 Å². The molecule has 0 N–H and O–H groups in total. The average molecular weight is 331 g/mol. The Kier molecular flexibility index (Phi) is 5.14. The van der Waals surface area contributed by atoms with Crippen LogP contribution >= 0.6 is 0 Å². The number of likely N-dealkylation sites (tertiary alicyclic amines) is 1. The average Bonchev–Trinajstić information content (AvgIpc) is 2.66. The van der Waals surface area contributed by atoms with Gasteiger partial charge in [0.1, 0.15) is 11.8 Å². The van der Waals surface area contributed by atoms with Gasteiger partial charge in [0.2, 0.25) is 0 Å². The highest BCUT2D eigenvalue weighted by atomic mass is 16.5. The third kappa shape index (κ3) is 2.81. The van der Waals surface area contributed by atoms with Crippen molar-refractivity contribution in [3.63, 3.8) is 0 Å². The topological polar surface area (TPSA) is 38.8 Å². The Bertz CT molecular complexity index is 586. The van der Waals surface area contributed by atoms with Crippen molar-refractivity contribution in [3.8, 4) is 5.75 Å². The number of piperidine rings is 1. The number of carbonyl (C=O) groups excluding carboxylic acids is 1. The molecule has 3 rings (SSSR count). The molecule has 2 fully saturated rings. The summed E-state index contributed by atoms with van der Waals surface area (Å²) in [6, 6.07) is 8.23. The van der Waals surface area contributed by atoms with Gasteiger partial charge in [0.15, 0.2) is 0 Å². The maximum atomic E-state index is 12.3. The zero-order valence-electron chi connectivity index (χ0n) is 15.1. The van der Waals surface area contributed by atoms with E-state index < -0.39 is 0 Å². The van der Waals surface area contributed by atoms with E-state index in [4.69, 9.17) is 9.47 Å². The molecule has 4 nitrogen and oxygen atoms in total. The minimum Gasteiger partial charge on any atom is -0.497 e. The molecule has 0 amide bonds. The molecule has 1 aromatic carbocycles. The van der Waals surface area contributed by atoms with Crippen LogP contribution < -0.4 is 4.74 Å². The maximum Gasteiger partial charge on any atom is 0.322 e. The molecule has 3 atom stereocenters. The van der Waals surface area contributed by atoms with Crippen LogP contribution in [0.15, 0.2) is 24.3 Å². The Morgan fingerprint density at radius 1 is 1.25 bits per heavy atom. The van der Waals surface area contributed by atoms with Gasteiger partial charge in [0.25, 0.3) is 0 Å². The summed E-state index contributed by atoms with van der Waals surface area (Å²) in [5, 5.41) is 0. The molecule has 24 heavy (non-hydrogen) atoms. The number of esters is 1. The molecular weight excluding hydrogens is 302 g/mol. The number of nitrogens with zero attached hydrogens (tertiary/aromatic N) is 1. The molecule has 4 heteroatoms. The highest BCUT2D eigenvalue weighted by Gasteiger charge is 2.51.